The molecule has 0 unspecified atom stereocenters. The summed E-state index contributed by atoms with van der Waals surface area (Å²) in [5, 5.41) is 18.2. The van der Waals surface area contributed by atoms with Crippen LogP contribution in [0.3, 0.4) is 0 Å². The number of oxime groups is 1. The maximum Gasteiger partial charge on any atom is 0.585 e. The number of benzene rings is 2. The summed E-state index contributed by atoms with van der Waals surface area (Å²) >= 11 is 0. The van der Waals surface area contributed by atoms with E-state index in [4.69, 9.17) is 9.17 Å². The van der Waals surface area contributed by atoms with Gasteiger partial charge in [-0.25, -0.2) is 0 Å². The number of anilines is 2. The highest BCUT2D eigenvalue weighted by molar-refractivity contribution is 6.64. The van der Waals surface area contributed by atoms with E-state index < -0.39 is 7.12 Å². The molecule has 8 heteroatoms. The largest absolute Gasteiger partial charge is 0.585 e. The van der Waals surface area contributed by atoms with Crippen LogP contribution in [0.2, 0.25) is 0 Å². The fourth-order valence-electron chi connectivity index (χ4n) is 5.10. The molecule has 0 radical (unpaired) electrons. The van der Waals surface area contributed by atoms with Gasteiger partial charge in [0.1, 0.15) is 5.58 Å². The van der Waals surface area contributed by atoms with E-state index in [0.717, 1.165) is 48.3 Å². The Kier molecular flexibility index (Phi) is 5.87. The highest BCUT2D eigenvalue weighted by Gasteiger charge is 2.30. The van der Waals surface area contributed by atoms with E-state index in [9.17, 15) is 9.82 Å². The van der Waals surface area contributed by atoms with Crippen LogP contribution in [0.1, 0.15) is 61.9 Å². The maximum absolute atomic E-state index is 13.5. The second-order valence-corrected chi connectivity index (χ2v) is 10.6. The highest BCUT2D eigenvalue weighted by Crippen LogP contribution is 2.36. The lowest BCUT2D eigenvalue weighted by Gasteiger charge is -2.37. The zero-order valence-corrected chi connectivity index (χ0v) is 21.0. The van der Waals surface area contributed by atoms with E-state index in [1.807, 2.05) is 45.0 Å². The summed E-state index contributed by atoms with van der Waals surface area (Å²) in [4.78, 5) is 15.7. The van der Waals surface area contributed by atoms with Gasteiger partial charge in [-0.3, -0.25) is 4.79 Å². The Morgan fingerprint density at radius 1 is 1.20 bits per heavy atom. The topological polar surface area (TPSA) is 87.3 Å². The second-order valence-electron chi connectivity index (χ2n) is 10.6. The minimum Gasteiger partial charge on any atom is -0.440 e. The zero-order valence-electron chi connectivity index (χ0n) is 21.0. The molecule has 1 saturated heterocycles. The van der Waals surface area contributed by atoms with Gasteiger partial charge >= 0.3 is 7.12 Å². The van der Waals surface area contributed by atoms with Gasteiger partial charge in [0.05, 0.1) is 23.2 Å². The first kappa shape index (κ1) is 23.5. The minimum absolute atomic E-state index is 0.0142. The van der Waals surface area contributed by atoms with Gasteiger partial charge in [0.2, 0.25) is 5.88 Å². The van der Waals surface area contributed by atoms with Gasteiger partial charge in [-0.15, -0.1) is 5.16 Å². The molecule has 1 aromatic heterocycles. The van der Waals surface area contributed by atoms with Crippen LogP contribution in [0.4, 0.5) is 11.6 Å². The van der Waals surface area contributed by atoms with Crippen LogP contribution in [0, 0.1) is 19.3 Å². The lowest BCUT2D eigenvalue weighted by Crippen LogP contribution is -2.39. The summed E-state index contributed by atoms with van der Waals surface area (Å²) in [6, 6.07) is 9.47. The summed E-state index contributed by atoms with van der Waals surface area (Å²) in [7, 11) is -1.14. The van der Waals surface area contributed by atoms with E-state index in [0.29, 0.717) is 33.3 Å². The molecule has 1 atom stereocenters. The summed E-state index contributed by atoms with van der Waals surface area (Å²) in [6.07, 6.45) is 3.70. The molecule has 2 aromatic carbocycles. The van der Waals surface area contributed by atoms with Crippen LogP contribution < -0.4 is 21.1 Å². The van der Waals surface area contributed by atoms with Crippen LogP contribution in [0.25, 0.3) is 11.0 Å². The Labute approximate surface area is 205 Å². The number of hydrogen-bond donors (Lipinski definition) is 2. The van der Waals surface area contributed by atoms with Crippen molar-refractivity contribution in [2.75, 3.05) is 23.3 Å². The molecule has 0 bridgehead atoms. The van der Waals surface area contributed by atoms with Gasteiger partial charge < -0.3 is 24.4 Å². The number of nitrogens with one attached hydrogen (secondary N) is 1. The van der Waals surface area contributed by atoms with Crippen molar-refractivity contribution in [3.8, 4) is 0 Å². The normalized spacial score (nSPS) is 17.8. The van der Waals surface area contributed by atoms with Gasteiger partial charge in [-0.1, -0.05) is 32.0 Å². The third kappa shape index (κ3) is 4.31. The van der Waals surface area contributed by atoms with E-state index in [-0.39, 0.29) is 11.5 Å². The zero-order chi connectivity index (χ0) is 24.9. The van der Waals surface area contributed by atoms with Crippen molar-refractivity contribution in [1.82, 2.24) is 0 Å². The molecule has 3 heterocycles. The summed E-state index contributed by atoms with van der Waals surface area (Å²) < 4.78 is 11.6. The lowest BCUT2D eigenvalue weighted by atomic mass is 9.75. The smallest absolute Gasteiger partial charge is 0.440 e. The van der Waals surface area contributed by atoms with E-state index in [2.05, 4.69) is 35.3 Å². The van der Waals surface area contributed by atoms with Crippen LogP contribution in [0.15, 0.2) is 44.7 Å². The first-order valence-electron chi connectivity index (χ1n) is 12.2. The van der Waals surface area contributed by atoms with Crippen molar-refractivity contribution in [2.24, 2.45) is 10.6 Å². The summed E-state index contributed by atoms with van der Waals surface area (Å²) in [6.45, 7) is 12.2. The average Bonchev–Trinajstić information content (AvgIpc) is 2.82. The molecular formula is C27H32BN3O4. The fourth-order valence-corrected chi connectivity index (χ4v) is 5.10. The summed E-state index contributed by atoms with van der Waals surface area (Å²) in [5.41, 5.74) is 5.65. The maximum atomic E-state index is 13.5. The monoisotopic (exact) mass is 473 g/mol. The Morgan fingerprint density at radius 2 is 1.94 bits per heavy atom. The van der Waals surface area contributed by atoms with Crippen LogP contribution >= 0.6 is 0 Å². The Bertz CT molecular complexity index is 1370. The number of nitrogens with zero attached hydrogens (tertiary/aromatic N) is 2. The van der Waals surface area contributed by atoms with Gasteiger partial charge in [0.15, 0.2) is 5.43 Å². The molecule has 0 spiro atoms. The predicted molar refractivity (Wildman–Crippen MR) is 142 cm³/mol. The molecule has 0 saturated carbocycles. The summed E-state index contributed by atoms with van der Waals surface area (Å²) in [5.74, 6) is 0.674. The van der Waals surface area contributed by atoms with Crippen molar-refractivity contribution in [1.29, 1.82) is 0 Å². The third-order valence-electron chi connectivity index (χ3n) is 7.35. The Morgan fingerprint density at radius 3 is 2.69 bits per heavy atom. The molecular weight excluding hydrogens is 441 g/mol. The first-order chi connectivity index (χ1) is 16.6. The third-order valence-corrected chi connectivity index (χ3v) is 7.35. The molecule has 2 aliphatic rings. The van der Waals surface area contributed by atoms with Crippen molar-refractivity contribution in [3.05, 3.63) is 62.8 Å². The number of aryl methyl sites for hydroxylation is 1. The van der Waals surface area contributed by atoms with Crippen molar-refractivity contribution in [2.45, 2.75) is 53.5 Å². The first-order valence-corrected chi connectivity index (χ1v) is 12.2. The Hall–Kier alpha value is -3.26. The molecule has 1 fully saturated rings. The molecule has 5 rings (SSSR count). The molecule has 0 amide bonds. The molecule has 3 aromatic rings. The SMILES string of the molecule is Cc1cc([C@H](C)Nc2cccc3c2B(O)ON=C3)c2oc(N3CCC(C)(C)CC3)c(C)c(=O)c2c1. The van der Waals surface area contributed by atoms with Crippen molar-refractivity contribution >= 4 is 41.3 Å². The number of fused-ring (bicyclic) bond motifs is 2. The molecule has 182 valence electrons. The van der Waals surface area contributed by atoms with Gasteiger partial charge in [-0.2, -0.15) is 0 Å². The molecule has 0 aliphatic carbocycles. The standard InChI is InChI=1S/C27H32BN3O4/c1-16-13-20(18(3)30-22-8-6-7-19-15-29-35-28(33)23(19)22)25-21(14-16)24(32)17(2)26(34-25)31-11-9-27(4,5)10-12-31/h6-8,13-15,18,30,33H,9-12H2,1-5H3/t18-/m0/s1. The molecule has 2 aliphatic heterocycles. The van der Waals surface area contributed by atoms with Crippen LogP contribution in [-0.2, 0) is 4.76 Å². The number of rotatable bonds is 4. The van der Waals surface area contributed by atoms with Crippen LogP contribution in [-0.4, -0.2) is 31.4 Å². The van der Waals surface area contributed by atoms with Gasteiger partial charge in [0, 0.05) is 29.8 Å². The minimum atomic E-state index is -1.14. The molecule has 35 heavy (non-hydrogen) atoms. The van der Waals surface area contributed by atoms with E-state index in [1.54, 1.807) is 6.21 Å². The quantitative estimate of drug-likeness (QED) is 0.551. The molecule has 7 nitrogen and oxygen atoms in total. The lowest BCUT2D eigenvalue weighted by molar-refractivity contribution is 0.274. The van der Waals surface area contributed by atoms with Crippen molar-refractivity contribution < 1.29 is 14.2 Å². The van der Waals surface area contributed by atoms with E-state index in [1.165, 1.54) is 0 Å². The van der Waals surface area contributed by atoms with Gasteiger partial charge in [0.25, 0.3) is 0 Å². The predicted octanol–water partition coefficient (Wildman–Crippen LogP) is 4.26. The Balaban J connectivity index is 1.57. The fraction of sp³-hybridized carbons (Fsp3) is 0.407. The van der Waals surface area contributed by atoms with Gasteiger partial charge in [-0.05, 0) is 62.3 Å². The molecule has 2 N–H and O–H groups in total. The van der Waals surface area contributed by atoms with Crippen molar-refractivity contribution in [3.63, 3.8) is 0 Å². The highest BCUT2D eigenvalue weighted by atomic mass is 16.6. The van der Waals surface area contributed by atoms with Crippen LogP contribution in [0.5, 0.6) is 0 Å². The number of hydrogen-bond acceptors (Lipinski definition) is 7. The average molecular weight is 473 g/mol. The second kappa shape index (κ2) is 8.75. The van der Waals surface area contributed by atoms with E-state index >= 15 is 0 Å². The number of piperidine rings is 1.